The van der Waals surface area contributed by atoms with E-state index in [2.05, 4.69) is 0 Å². The zero-order chi connectivity index (χ0) is 18.7. The molecule has 0 radical (unpaired) electrons. The molecule has 0 bridgehead atoms. The fraction of sp³-hybridized carbons (Fsp3) is 0.800. The van der Waals surface area contributed by atoms with E-state index in [0.29, 0.717) is 24.3 Å². The topological polar surface area (TPSA) is 106 Å². The Balaban J connectivity index is 2.92. The first-order valence-corrected chi connectivity index (χ1v) is 10.7. The second kappa shape index (κ2) is 12.4. The average molecular weight is 394 g/mol. The lowest BCUT2D eigenvalue weighted by atomic mass is 10.4. The van der Waals surface area contributed by atoms with E-state index in [4.69, 9.17) is 10.2 Å². The van der Waals surface area contributed by atoms with Gasteiger partial charge >= 0.3 is 17.1 Å². The number of thioether (sulfide) groups is 2. The Labute approximate surface area is 154 Å². The van der Waals surface area contributed by atoms with Crippen molar-refractivity contribution < 1.29 is 10.2 Å². The highest BCUT2D eigenvalue weighted by Gasteiger charge is 2.14. The zero-order valence-electron chi connectivity index (χ0n) is 14.6. The van der Waals surface area contributed by atoms with Crippen LogP contribution in [0, 0.1) is 0 Å². The van der Waals surface area contributed by atoms with Gasteiger partial charge < -0.3 is 10.2 Å². The van der Waals surface area contributed by atoms with Gasteiger partial charge in [-0.3, -0.25) is 0 Å². The van der Waals surface area contributed by atoms with Crippen molar-refractivity contribution in [3.05, 3.63) is 31.5 Å². The molecule has 0 saturated carbocycles. The number of rotatable bonds is 13. The monoisotopic (exact) mass is 393 g/mol. The molecule has 10 heteroatoms. The van der Waals surface area contributed by atoms with Crippen LogP contribution in [0.3, 0.4) is 0 Å². The molecule has 1 heterocycles. The number of aliphatic hydroxyl groups is 2. The van der Waals surface area contributed by atoms with Gasteiger partial charge in [0.25, 0.3) is 0 Å². The maximum Gasteiger partial charge on any atom is 0.336 e. The van der Waals surface area contributed by atoms with Crippen molar-refractivity contribution >= 4 is 23.5 Å². The number of aliphatic hydroxyl groups excluding tert-OH is 2. The van der Waals surface area contributed by atoms with Crippen LogP contribution in [0.15, 0.2) is 14.4 Å². The Morgan fingerprint density at radius 2 is 1.12 bits per heavy atom. The fourth-order valence-electron chi connectivity index (χ4n) is 2.32. The minimum Gasteiger partial charge on any atom is -0.396 e. The van der Waals surface area contributed by atoms with Crippen LogP contribution in [0.4, 0.5) is 0 Å². The third-order valence-corrected chi connectivity index (χ3v) is 5.61. The summed E-state index contributed by atoms with van der Waals surface area (Å²) in [5, 5.41) is 17.5. The van der Waals surface area contributed by atoms with E-state index >= 15 is 0 Å². The second-order valence-corrected chi connectivity index (χ2v) is 7.72. The van der Waals surface area contributed by atoms with E-state index < -0.39 is 17.1 Å². The van der Waals surface area contributed by atoms with Crippen molar-refractivity contribution in [3.8, 4) is 0 Å². The molecule has 25 heavy (non-hydrogen) atoms. The standard InChI is InChI=1S/C15H27N3O5S2/c1-2-16-13(21)17(5-3-9-24-11-7-19)15(23)18(14(16)22)6-4-10-25-12-8-20/h19-20H,2-12H2,1H3. The summed E-state index contributed by atoms with van der Waals surface area (Å²) in [6, 6.07) is 0. The van der Waals surface area contributed by atoms with Gasteiger partial charge in [-0.2, -0.15) is 23.5 Å². The van der Waals surface area contributed by atoms with Crippen LogP contribution in [0.1, 0.15) is 19.8 Å². The maximum absolute atomic E-state index is 12.5. The van der Waals surface area contributed by atoms with Crippen molar-refractivity contribution in [2.75, 3.05) is 36.2 Å². The van der Waals surface area contributed by atoms with E-state index in [1.807, 2.05) is 0 Å². The number of nitrogens with zero attached hydrogens (tertiary/aromatic N) is 3. The van der Waals surface area contributed by atoms with Gasteiger partial charge in [-0.25, -0.2) is 28.1 Å². The minimum absolute atomic E-state index is 0.104. The van der Waals surface area contributed by atoms with Crippen LogP contribution in [-0.4, -0.2) is 60.1 Å². The lowest BCUT2D eigenvalue weighted by Crippen LogP contribution is -2.54. The average Bonchev–Trinajstić information content (AvgIpc) is 2.60. The first kappa shape index (κ1) is 22.1. The van der Waals surface area contributed by atoms with Crippen LogP contribution < -0.4 is 17.1 Å². The van der Waals surface area contributed by atoms with Gasteiger partial charge in [0.2, 0.25) is 0 Å². The molecular formula is C15H27N3O5S2. The molecule has 2 N–H and O–H groups in total. The smallest absolute Gasteiger partial charge is 0.336 e. The molecule has 0 aliphatic carbocycles. The number of hydrogen-bond donors (Lipinski definition) is 2. The molecule has 0 spiro atoms. The molecule has 0 aliphatic heterocycles. The predicted molar refractivity (Wildman–Crippen MR) is 103 cm³/mol. The van der Waals surface area contributed by atoms with Gasteiger partial charge in [0.05, 0.1) is 13.2 Å². The molecule has 1 aromatic rings. The fourth-order valence-corrected chi connectivity index (χ4v) is 3.65. The highest BCUT2D eigenvalue weighted by Crippen LogP contribution is 2.02. The molecule has 0 saturated heterocycles. The molecule has 8 nitrogen and oxygen atoms in total. The predicted octanol–water partition coefficient (Wildman–Crippen LogP) is -0.577. The van der Waals surface area contributed by atoms with E-state index in [1.54, 1.807) is 30.4 Å². The summed E-state index contributed by atoms with van der Waals surface area (Å²) < 4.78 is 3.35. The third-order valence-electron chi connectivity index (χ3n) is 3.51. The summed E-state index contributed by atoms with van der Waals surface area (Å²) >= 11 is 3.11. The molecule has 0 atom stereocenters. The van der Waals surface area contributed by atoms with Crippen molar-refractivity contribution in [2.45, 2.75) is 39.4 Å². The van der Waals surface area contributed by atoms with Crippen LogP contribution in [-0.2, 0) is 19.6 Å². The van der Waals surface area contributed by atoms with Crippen molar-refractivity contribution in [1.29, 1.82) is 0 Å². The summed E-state index contributed by atoms with van der Waals surface area (Å²) in [7, 11) is 0. The molecule has 0 fully saturated rings. The number of hydrogen-bond acceptors (Lipinski definition) is 7. The number of aromatic nitrogens is 3. The Morgan fingerprint density at radius 1 is 0.720 bits per heavy atom. The Kier molecular flexibility index (Phi) is 10.9. The van der Waals surface area contributed by atoms with Gasteiger partial charge in [-0.05, 0) is 31.3 Å². The van der Waals surface area contributed by atoms with E-state index in [-0.39, 0.29) is 32.8 Å². The lowest BCUT2D eigenvalue weighted by molar-refractivity contribution is 0.322. The van der Waals surface area contributed by atoms with Crippen molar-refractivity contribution in [1.82, 2.24) is 13.7 Å². The Hall–Kier alpha value is -0.970. The molecule has 1 rings (SSSR count). The SMILES string of the molecule is CCn1c(=O)n(CCCSCCO)c(=O)n(CCCSCCO)c1=O. The molecule has 0 aliphatic rings. The van der Waals surface area contributed by atoms with Crippen molar-refractivity contribution in [3.63, 3.8) is 0 Å². The van der Waals surface area contributed by atoms with Gasteiger partial charge in [0.1, 0.15) is 0 Å². The van der Waals surface area contributed by atoms with Crippen molar-refractivity contribution in [2.24, 2.45) is 0 Å². The summed E-state index contributed by atoms with van der Waals surface area (Å²) in [6.07, 6.45) is 1.24. The maximum atomic E-state index is 12.5. The first-order chi connectivity index (χ1) is 12.1. The molecule has 0 unspecified atom stereocenters. The zero-order valence-corrected chi connectivity index (χ0v) is 16.2. The molecular weight excluding hydrogens is 366 g/mol. The van der Waals surface area contributed by atoms with Crippen LogP contribution in [0.25, 0.3) is 0 Å². The van der Waals surface area contributed by atoms with Crippen LogP contribution in [0.5, 0.6) is 0 Å². The summed E-state index contributed by atoms with van der Waals surface area (Å²) in [5.74, 6) is 2.71. The van der Waals surface area contributed by atoms with E-state index in [9.17, 15) is 14.4 Å². The summed E-state index contributed by atoms with van der Waals surface area (Å²) in [5.41, 5.74) is -1.68. The normalized spacial score (nSPS) is 11.2. The van der Waals surface area contributed by atoms with Gasteiger partial charge in [0.15, 0.2) is 0 Å². The van der Waals surface area contributed by atoms with E-state index in [0.717, 1.165) is 25.2 Å². The Bertz CT molecular complexity index is 631. The lowest BCUT2D eigenvalue weighted by Gasteiger charge is -2.13. The summed E-state index contributed by atoms with van der Waals surface area (Å²) in [4.78, 5) is 37.3. The minimum atomic E-state index is -0.560. The van der Waals surface area contributed by atoms with Gasteiger partial charge in [-0.1, -0.05) is 0 Å². The second-order valence-electron chi connectivity index (χ2n) is 5.27. The highest BCUT2D eigenvalue weighted by atomic mass is 32.2. The quantitative estimate of drug-likeness (QED) is 0.432. The van der Waals surface area contributed by atoms with Crippen LogP contribution >= 0.6 is 23.5 Å². The van der Waals surface area contributed by atoms with Gasteiger partial charge in [-0.15, -0.1) is 0 Å². The van der Waals surface area contributed by atoms with Crippen LogP contribution in [0.2, 0.25) is 0 Å². The van der Waals surface area contributed by atoms with E-state index in [1.165, 1.54) is 0 Å². The van der Waals surface area contributed by atoms with Gasteiger partial charge in [0, 0.05) is 31.1 Å². The first-order valence-electron chi connectivity index (χ1n) is 8.40. The molecule has 144 valence electrons. The largest absolute Gasteiger partial charge is 0.396 e. The summed E-state index contributed by atoms with van der Waals surface area (Å²) in [6.45, 7) is 2.65. The molecule has 1 aromatic heterocycles. The molecule has 0 amide bonds. The molecule has 0 aromatic carbocycles. The Morgan fingerprint density at radius 3 is 1.48 bits per heavy atom. The highest BCUT2D eigenvalue weighted by molar-refractivity contribution is 7.99. The third kappa shape index (κ3) is 6.69.